The van der Waals surface area contributed by atoms with Crippen molar-refractivity contribution in [1.82, 2.24) is 9.13 Å². The fraction of sp³-hybridized carbons (Fsp3) is 0.0189. The minimum Gasteiger partial charge on any atom is -0.307 e. The number of hydrogen-bond donors (Lipinski definition) is 0. The number of hydrogen-bond acceptors (Lipinski definition) is 4. The van der Waals surface area contributed by atoms with Crippen LogP contribution in [0, 0.1) is 45.3 Å². The number of para-hydroxylation sites is 2. The smallest absolute Gasteiger partial charge is 0.307 e. The second-order valence-corrected chi connectivity index (χ2v) is 14.9. The van der Waals surface area contributed by atoms with Crippen molar-refractivity contribution < 1.29 is 13.2 Å². The molecule has 290 valence electrons. The fourth-order valence-corrected chi connectivity index (χ4v) is 8.69. The summed E-state index contributed by atoms with van der Waals surface area (Å²) < 4.78 is 48.8. The summed E-state index contributed by atoms with van der Waals surface area (Å²) in [5.74, 6) is 0. The lowest BCUT2D eigenvalue weighted by Gasteiger charge is -2.21. The molecule has 2 aromatic heterocycles. The standard InChI is InChI=1S/C53H27F3N6/c54-53(55,56)46-23-34(30-59)15-18-40(46)43-27-52(62-48-14-4-2-12-42(48)45-25-38(17-20-50(45)62)36-10-6-8-33(22-36)29-58)51(26-39(43)31-60)61-47-13-3-1-11-41(47)44-24-37(16-19-49(44)61)35-9-5-7-32(21-35)28-57/h1-27H. The molecule has 0 spiro atoms. The summed E-state index contributed by atoms with van der Waals surface area (Å²) >= 11 is 0. The number of rotatable bonds is 5. The molecular formula is C53H27F3N6. The zero-order valence-electron chi connectivity index (χ0n) is 32.4. The first-order valence-corrected chi connectivity index (χ1v) is 19.5. The van der Waals surface area contributed by atoms with E-state index >= 15 is 0 Å². The van der Waals surface area contributed by atoms with Gasteiger partial charge in [0.1, 0.15) is 0 Å². The van der Waals surface area contributed by atoms with Crippen LogP contribution in [0.15, 0.2) is 164 Å². The maximum Gasteiger partial charge on any atom is 0.417 e. The molecule has 0 bridgehead atoms. The summed E-state index contributed by atoms with van der Waals surface area (Å²) in [7, 11) is 0. The molecule has 10 aromatic rings. The third-order valence-electron chi connectivity index (χ3n) is 11.5. The van der Waals surface area contributed by atoms with E-state index in [0.717, 1.165) is 71.9 Å². The molecule has 0 aliphatic heterocycles. The van der Waals surface area contributed by atoms with E-state index in [0.29, 0.717) is 22.5 Å². The van der Waals surface area contributed by atoms with Crippen LogP contribution in [0.2, 0.25) is 0 Å². The molecule has 0 aliphatic rings. The first-order chi connectivity index (χ1) is 30.2. The SMILES string of the molecule is N#Cc1cccc(-c2ccc3c(c2)c2ccccc2n3-c2cc(C#N)c(-c3ccc(C#N)cc3C(F)(F)F)cc2-n2c3ccccc3c3cc(-c4cccc(C#N)c4)ccc32)c1. The van der Waals surface area contributed by atoms with Crippen LogP contribution in [-0.4, -0.2) is 9.13 Å². The highest BCUT2D eigenvalue weighted by Gasteiger charge is 2.35. The monoisotopic (exact) mass is 804 g/mol. The Morgan fingerprint density at radius 2 is 0.839 bits per heavy atom. The highest BCUT2D eigenvalue weighted by molar-refractivity contribution is 6.13. The van der Waals surface area contributed by atoms with Gasteiger partial charge in [0, 0.05) is 27.1 Å². The van der Waals surface area contributed by atoms with Crippen molar-refractivity contribution >= 4 is 43.6 Å². The van der Waals surface area contributed by atoms with E-state index in [9.17, 15) is 34.2 Å². The van der Waals surface area contributed by atoms with Crippen LogP contribution >= 0.6 is 0 Å². The average Bonchev–Trinajstić information content (AvgIpc) is 3.82. The first kappa shape index (κ1) is 37.4. The highest BCUT2D eigenvalue weighted by atomic mass is 19.4. The Morgan fingerprint density at radius 3 is 1.34 bits per heavy atom. The van der Waals surface area contributed by atoms with Crippen molar-refractivity contribution in [2.24, 2.45) is 0 Å². The van der Waals surface area contributed by atoms with Crippen molar-refractivity contribution in [3.8, 4) is 69.0 Å². The molecular weight excluding hydrogens is 778 g/mol. The maximum atomic E-state index is 14.9. The molecule has 9 heteroatoms. The molecule has 6 nitrogen and oxygen atoms in total. The van der Waals surface area contributed by atoms with E-state index in [4.69, 9.17) is 0 Å². The largest absolute Gasteiger partial charge is 0.417 e. The summed E-state index contributed by atoms with van der Waals surface area (Å²) in [5, 5.41) is 43.3. The normalized spacial score (nSPS) is 11.4. The summed E-state index contributed by atoms with van der Waals surface area (Å²) in [4.78, 5) is 0. The van der Waals surface area contributed by atoms with Gasteiger partial charge < -0.3 is 9.13 Å². The Morgan fingerprint density at radius 1 is 0.371 bits per heavy atom. The average molecular weight is 805 g/mol. The number of alkyl halides is 3. The molecule has 0 atom stereocenters. The second-order valence-electron chi connectivity index (χ2n) is 14.9. The van der Waals surface area contributed by atoms with Crippen LogP contribution in [0.5, 0.6) is 0 Å². The molecule has 0 amide bonds. The molecule has 10 rings (SSSR count). The molecule has 2 heterocycles. The van der Waals surface area contributed by atoms with Gasteiger partial charge in [-0.3, -0.25) is 0 Å². The van der Waals surface area contributed by atoms with Gasteiger partial charge in [-0.25, -0.2) is 0 Å². The molecule has 0 N–H and O–H groups in total. The molecule has 0 saturated carbocycles. The molecule has 0 aliphatic carbocycles. The van der Waals surface area contributed by atoms with E-state index in [2.05, 4.69) is 30.3 Å². The van der Waals surface area contributed by atoms with Crippen LogP contribution in [0.1, 0.15) is 27.8 Å². The predicted molar refractivity (Wildman–Crippen MR) is 235 cm³/mol. The predicted octanol–water partition coefficient (Wildman–Crippen LogP) is 13.4. The molecule has 8 aromatic carbocycles. The summed E-state index contributed by atoms with van der Waals surface area (Å²) in [6.45, 7) is 0. The zero-order chi connectivity index (χ0) is 42.7. The molecule has 0 fully saturated rings. The molecule has 0 unspecified atom stereocenters. The van der Waals surface area contributed by atoms with E-state index in [1.807, 2.05) is 124 Å². The number of nitriles is 4. The topological polar surface area (TPSA) is 105 Å². The van der Waals surface area contributed by atoms with Crippen LogP contribution < -0.4 is 0 Å². The van der Waals surface area contributed by atoms with E-state index in [1.54, 1.807) is 24.3 Å². The third kappa shape index (κ3) is 6.01. The highest BCUT2D eigenvalue weighted by Crippen LogP contribution is 2.45. The minimum absolute atomic E-state index is 0.00950. The van der Waals surface area contributed by atoms with Gasteiger partial charge in [-0.2, -0.15) is 34.2 Å². The van der Waals surface area contributed by atoms with Crippen LogP contribution in [0.25, 0.3) is 88.4 Å². The van der Waals surface area contributed by atoms with Crippen LogP contribution in [-0.2, 0) is 6.18 Å². The Bertz CT molecular complexity index is 3690. The number of halogens is 3. The Labute approximate surface area is 352 Å². The summed E-state index contributed by atoms with van der Waals surface area (Å²) in [6, 6.07) is 57.6. The Balaban J connectivity index is 1.33. The maximum absolute atomic E-state index is 14.9. The minimum atomic E-state index is -4.84. The number of benzene rings is 8. The lowest BCUT2D eigenvalue weighted by atomic mass is 9.92. The lowest BCUT2D eigenvalue weighted by molar-refractivity contribution is -0.137. The van der Waals surface area contributed by atoms with E-state index < -0.39 is 11.7 Å². The zero-order valence-corrected chi connectivity index (χ0v) is 32.4. The van der Waals surface area contributed by atoms with Crippen LogP contribution in [0.3, 0.4) is 0 Å². The number of aromatic nitrogens is 2. The number of nitrogens with zero attached hydrogens (tertiary/aromatic N) is 6. The van der Waals surface area contributed by atoms with Crippen molar-refractivity contribution in [2.45, 2.75) is 6.18 Å². The molecule has 0 saturated heterocycles. The van der Waals surface area contributed by atoms with Crippen molar-refractivity contribution in [2.75, 3.05) is 0 Å². The van der Waals surface area contributed by atoms with Gasteiger partial charge in [0.15, 0.2) is 0 Å². The van der Waals surface area contributed by atoms with Gasteiger partial charge in [-0.15, -0.1) is 0 Å². The van der Waals surface area contributed by atoms with Crippen molar-refractivity contribution in [1.29, 1.82) is 21.0 Å². The quantitative estimate of drug-likeness (QED) is 0.173. The lowest BCUT2D eigenvalue weighted by Crippen LogP contribution is -2.10. The van der Waals surface area contributed by atoms with E-state index in [-0.39, 0.29) is 22.3 Å². The van der Waals surface area contributed by atoms with Crippen LogP contribution in [0.4, 0.5) is 13.2 Å². The number of fused-ring (bicyclic) bond motifs is 6. The Kier molecular flexibility index (Phi) is 8.70. The van der Waals surface area contributed by atoms with Gasteiger partial charge >= 0.3 is 6.18 Å². The Hall–Kier alpha value is -8.89. The van der Waals surface area contributed by atoms with Gasteiger partial charge in [-0.05, 0) is 113 Å². The van der Waals surface area contributed by atoms with Crippen molar-refractivity contribution in [3.05, 3.63) is 192 Å². The summed E-state index contributed by atoms with van der Waals surface area (Å²) in [5.41, 5.74) is 7.40. The van der Waals surface area contributed by atoms with Gasteiger partial charge in [0.25, 0.3) is 0 Å². The van der Waals surface area contributed by atoms with Gasteiger partial charge in [0.05, 0.1) is 85.5 Å². The molecule has 0 radical (unpaired) electrons. The summed E-state index contributed by atoms with van der Waals surface area (Å²) in [6.07, 6.45) is -4.84. The third-order valence-corrected chi connectivity index (χ3v) is 11.5. The molecule has 62 heavy (non-hydrogen) atoms. The van der Waals surface area contributed by atoms with E-state index in [1.165, 1.54) is 12.1 Å². The van der Waals surface area contributed by atoms with Crippen molar-refractivity contribution in [3.63, 3.8) is 0 Å². The second kappa shape index (κ2) is 14.4. The first-order valence-electron chi connectivity index (χ1n) is 19.5. The van der Waals surface area contributed by atoms with Gasteiger partial charge in [-0.1, -0.05) is 78.9 Å². The van der Waals surface area contributed by atoms with Gasteiger partial charge in [0.2, 0.25) is 0 Å². The fourth-order valence-electron chi connectivity index (χ4n) is 8.69.